The van der Waals surface area contributed by atoms with E-state index in [1.54, 1.807) is 26.0 Å². The number of thiophene rings is 1. The van der Waals surface area contributed by atoms with Gasteiger partial charge in [-0.15, -0.1) is 21.5 Å². The molecular formula is C20H19FN6O3S2. The third-order valence-corrected chi connectivity index (χ3v) is 6.95. The fraction of sp³-hybridized carbons (Fsp3) is 0.250. The summed E-state index contributed by atoms with van der Waals surface area (Å²) in [6, 6.07) is 5.76. The molecule has 0 aliphatic heterocycles. The van der Waals surface area contributed by atoms with E-state index in [1.807, 2.05) is 6.92 Å². The number of esters is 1. The highest BCUT2D eigenvalue weighted by molar-refractivity contribution is 7.99. The second kappa shape index (κ2) is 8.71. The number of ether oxygens (including phenoxy) is 1. The molecule has 0 bridgehead atoms. The summed E-state index contributed by atoms with van der Waals surface area (Å²) >= 11 is 2.38. The number of fused-ring (bicyclic) bond motifs is 1. The van der Waals surface area contributed by atoms with Crippen LogP contribution >= 0.6 is 23.1 Å². The number of hydrogen-bond donors (Lipinski definition) is 2. The molecule has 3 N–H and O–H groups in total. The second-order valence-electron chi connectivity index (χ2n) is 6.85. The van der Waals surface area contributed by atoms with Crippen molar-refractivity contribution in [3.8, 4) is 11.4 Å². The van der Waals surface area contributed by atoms with Crippen molar-refractivity contribution in [2.75, 3.05) is 12.4 Å². The molecular weight excluding hydrogens is 455 g/mol. The first kappa shape index (κ1) is 22.0. The Labute approximate surface area is 189 Å². The van der Waals surface area contributed by atoms with Crippen LogP contribution in [0.3, 0.4) is 0 Å². The monoisotopic (exact) mass is 474 g/mol. The molecule has 3 aromatic heterocycles. The van der Waals surface area contributed by atoms with Crippen molar-refractivity contribution >= 4 is 39.3 Å². The highest BCUT2D eigenvalue weighted by Crippen LogP contribution is 2.34. The molecule has 0 aliphatic rings. The van der Waals surface area contributed by atoms with Gasteiger partial charge in [0.05, 0.1) is 17.2 Å². The summed E-state index contributed by atoms with van der Waals surface area (Å²) < 4.78 is 19.6. The van der Waals surface area contributed by atoms with Crippen molar-refractivity contribution < 1.29 is 13.9 Å². The number of aryl methyl sites for hydroxylation is 1. The van der Waals surface area contributed by atoms with E-state index in [1.165, 1.54) is 28.6 Å². The highest BCUT2D eigenvalue weighted by atomic mass is 32.2. The van der Waals surface area contributed by atoms with E-state index in [9.17, 15) is 14.0 Å². The summed E-state index contributed by atoms with van der Waals surface area (Å²) in [5.74, 6) is 6.10. The minimum atomic E-state index is -0.471. The summed E-state index contributed by atoms with van der Waals surface area (Å²) in [6.07, 6.45) is 0. The number of aromatic nitrogens is 5. The van der Waals surface area contributed by atoms with Crippen molar-refractivity contribution in [1.29, 1.82) is 0 Å². The Hall–Kier alpha value is -3.25. The van der Waals surface area contributed by atoms with Crippen LogP contribution in [0.5, 0.6) is 0 Å². The minimum absolute atomic E-state index is 0.245. The number of rotatable bonds is 6. The van der Waals surface area contributed by atoms with E-state index in [2.05, 4.69) is 20.2 Å². The van der Waals surface area contributed by atoms with Crippen LogP contribution in [0.25, 0.3) is 21.6 Å². The lowest BCUT2D eigenvalue weighted by Crippen LogP contribution is -2.14. The summed E-state index contributed by atoms with van der Waals surface area (Å²) in [5, 5.41) is 8.64. The predicted molar refractivity (Wildman–Crippen MR) is 121 cm³/mol. The maximum atomic E-state index is 13.2. The molecule has 1 atom stereocenters. The van der Waals surface area contributed by atoms with Gasteiger partial charge in [-0.05, 0) is 50.6 Å². The van der Waals surface area contributed by atoms with Crippen LogP contribution in [-0.2, 0) is 4.74 Å². The fourth-order valence-electron chi connectivity index (χ4n) is 3.11. The topological polar surface area (TPSA) is 129 Å². The molecule has 166 valence electrons. The first-order chi connectivity index (χ1) is 15.3. The van der Waals surface area contributed by atoms with E-state index in [-0.39, 0.29) is 23.2 Å². The van der Waals surface area contributed by atoms with Crippen molar-refractivity contribution in [3.63, 3.8) is 0 Å². The van der Waals surface area contributed by atoms with Crippen LogP contribution in [0.15, 0.2) is 34.2 Å². The van der Waals surface area contributed by atoms with Gasteiger partial charge in [-0.1, -0.05) is 11.8 Å². The lowest BCUT2D eigenvalue weighted by molar-refractivity contribution is 0.0531. The van der Waals surface area contributed by atoms with Crippen LogP contribution in [0, 0.1) is 12.7 Å². The Morgan fingerprint density at radius 1 is 1.34 bits per heavy atom. The number of nitrogens with zero attached hydrogens (tertiary/aromatic N) is 4. The van der Waals surface area contributed by atoms with Crippen LogP contribution in [0.4, 0.5) is 4.39 Å². The molecule has 0 amide bonds. The molecule has 0 aliphatic carbocycles. The van der Waals surface area contributed by atoms with Crippen LogP contribution in [0.1, 0.15) is 40.2 Å². The number of H-pyrrole nitrogens is 1. The zero-order valence-corrected chi connectivity index (χ0v) is 19.0. The molecule has 0 saturated carbocycles. The maximum absolute atomic E-state index is 13.2. The Morgan fingerprint density at radius 2 is 2.06 bits per heavy atom. The standard InChI is InChI=1S/C20H19FN6O3S2/c1-4-30-19(29)14-9(2)13-17(28)23-15(24-18(13)32-14)10(3)31-20-26-25-16(27(20)22)11-5-7-12(21)8-6-11/h5-8,10H,4,22H2,1-3H3,(H,23,24,28). The molecule has 4 rings (SSSR count). The smallest absolute Gasteiger partial charge is 0.348 e. The molecule has 1 aromatic carbocycles. The minimum Gasteiger partial charge on any atom is -0.462 e. The molecule has 32 heavy (non-hydrogen) atoms. The number of nitrogens with two attached hydrogens (primary N) is 1. The molecule has 3 heterocycles. The average Bonchev–Trinajstić information content (AvgIpc) is 3.29. The Balaban J connectivity index is 1.63. The molecule has 0 saturated heterocycles. The SMILES string of the molecule is CCOC(=O)c1sc2nc(C(C)Sc3nnc(-c4ccc(F)cc4)n3N)[nH]c(=O)c2c1C. The largest absolute Gasteiger partial charge is 0.462 e. The normalized spacial score (nSPS) is 12.2. The number of carbonyl (C=O) groups is 1. The molecule has 0 fully saturated rings. The number of halogens is 1. The number of carbonyl (C=O) groups excluding carboxylic acids is 1. The fourth-order valence-corrected chi connectivity index (χ4v) is 5.02. The average molecular weight is 475 g/mol. The third kappa shape index (κ3) is 3.98. The Morgan fingerprint density at radius 3 is 2.75 bits per heavy atom. The van der Waals surface area contributed by atoms with Crippen LogP contribution in [-0.4, -0.2) is 37.4 Å². The van der Waals surface area contributed by atoms with Gasteiger partial charge in [-0.25, -0.2) is 18.8 Å². The van der Waals surface area contributed by atoms with Gasteiger partial charge in [-0.3, -0.25) is 4.79 Å². The lowest BCUT2D eigenvalue weighted by Gasteiger charge is -2.10. The summed E-state index contributed by atoms with van der Waals surface area (Å²) in [5.41, 5.74) is 0.840. The lowest BCUT2D eigenvalue weighted by atomic mass is 10.2. The van der Waals surface area contributed by atoms with Crippen LogP contribution in [0.2, 0.25) is 0 Å². The first-order valence-corrected chi connectivity index (χ1v) is 11.3. The van der Waals surface area contributed by atoms with Gasteiger partial charge >= 0.3 is 5.97 Å². The van der Waals surface area contributed by atoms with Crippen molar-refractivity contribution in [2.45, 2.75) is 31.2 Å². The summed E-state index contributed by atoms with van der Waals surface area (Å²) in [6.45, 7) is 5.51. The molecule has 0 spiro atoms. The van der Waals surface area contributed by atoms with Gasteiger partial charge in [0.15, 0.2) is 5.82 Å². The number of aromatic amines is 1. The predicted octanol–water partition coefficient (Wildman–Crippen LogP) is 3.43. The van der Waals surface area contributed by atoms with Gasteiger partial charge in [0, 0.05) is 5.56 Å². The third-order valence-electron chi connectivity index (χ3n) is 4.71. The van der Waals surface area contributed by atoms with E-state index in [0.717, 1.165) is 11.3 Å². The quantitative estimate of drug-likeness (QED) is 0.247. The van der Waals surface area contributed by atoms with Gasteiger partial charge in [-0.2, -0.15) is 0 Å². The zero-order valence-electron chi connectivity index (χ0n) is 17.4. The zero-order chi connectivity index (χ0) is 23.0. The molecule has 4 aromatic rings. The number of nitrogens with one attached hydrogen (secondary N) is 1. The highest BCUT2D eigenvalue weighted by Gasteiger charge is 2.23. The van der Waals surface area contributed by atoms with Gasteiger partial charge < -0.3 is 15.6 Å². The number of benzene rings is 1. The second-order valence-corrected chi connectivity index (χ2v) is 9.16. The van der Waals surface area contributed by atoms with Crippen molar-refractivity contribution in [2.24, 2.45) is 0 Å². The number of thioether (sulfide) groups is 1. The van der Waals surface area contributed by atoms with Gasteiger partial charge in [0.1, 0.15) is 21.3 Å². The van der Waals surface area contributed by atoms with Crippen molar-refractivity contribution in [1.82, 2.24) is 24.8 Å². The van der Waals surface area contributed by atoms with E-state index < -0.39 is 5.97 Å². The Bertz CT molecular complexity index is 1360. The molecule has 1 unspecified atom stereocenters. The van der Waals surface area contributed by atoms with E-state index in [0.29, 0.717) is 43.0 Å². The van der Waals surface area contributed by atoms with E-state index in [4.69, 9.17) is 10.6 Å². The number of hydrogen-bond acceptors (Lipinski definition) is 9. The first-order valence-electron chi connectivity index (χ1n) is 9.63. The summed E-state index contributed by atoms with van der Waals surface area (Å²) in [4.78, 5) is 33.1. The van der Waals surface area contributed by atoms with Crippen molar-refractivity contribution in [3.05, 3.63) is 56.7 Å². The maximum Gasteiger partial charge on any atom is 0.348 e. The van der Waals surface area contributed by atoms with Gasteiger partial charge in [0.2, 0.25) is 5.16 Å². The Kier molecular flexibility index (Phi) is 5.98. The van der Waals surface area contributed by atoms with E-state index >= 15 is 0 Å². The molecule has 12 heteroatoms. The molecule has 9 nitrogen and oxygen atoms in total. The van der Waals surface area contributed by atoms with Gasteiger partial charge in [0.25, 0.3) is 5.56 Å². The molecule has 0 radical (unpaired) electrons. The summed E-state index contributed by atoms with van der Waals surface area (Å²) in [7, 11) is 0. The van der Waals surface area contributed by atoms with Crippen LogP contribution < -0.4 is 11.4 Å². The number of nitrogen functional groups attached to an aromatic ring is 1.